The molecule has 0 radical (unpaired) electrons. The van der Waals surface area contributed by atoms with Crippen LogP contribution in [0.5, 0.6) is 0 Å². The minimum Gasteiger partial charge on any atom is -0.312 e. The maximum atomic E-state index is 5.34. The molecule has 3 aliphatic rings. The molecule has 0 bridgehead atoms. The van der Waals surface area contributed by atoms with E-state index in [9.17, 15) is 0 Å². The third-order valence-corrected chi connectivity index (χ3v) is 12.4. The second-order valence-electron chi connectivity index (χ2n) is 14.2. The molecule has 4 heteroatoms. The number of hydrogen-bond acceptors (Lipinski definition) is 3. The molecule has 5 aromatic carbocycles. The maximum Gasteiger partial charge on any atom is 0.161 e. The predicted octanol–water partition coefficient (Wildman–Crippen LogP) is 11.3. The van der Waals surface area contributed by atoms with E-state index in [0.717, 1.165) is 61.0 Å². The summed E-state index contributed by atoms with van der Waals surface area (Å²) >= 11 is 1.90. The molecule has 0 saturated carbocycles. The lowest BCUT2D eigenvalue weighted by atomic mass is 9.97. The summed E-state index contributed by atoms with van der Waals surface area (Å²) in [7, 11) is 0. The summed E-state index contributed by atoms with van der Waals surface area (Å²) in [5.74, 6) is 0.806. The third kappa shape index (κ3) is 4.57. The molecule has 3 aliphatic carbocycles. The molecule has 3 heterocycles. The molecular weight excluding hydrogens is 651 g/mol. The van der Waals surface area contributed by atoms with Gasteiger partial charge in [0.15, 0.2) is 5.82 Å². The van der Waals surface area contributed by atoms with E-state index in [1.54, 1.807) is 0 Å². The molecule has 52 heavy (non-hydrogen) atoms. The van der Waals surface area contributed by atoms with E-state index in [2.05, 4.69) is 144 Å². The molecular formula is C48H35N3S. The summed E-state index contributed by atoms with van der Waals surface area (Å²) in [6.45, 7) is 0. The molecule has 8 aromatic rings. The Labute approximate surface area is 305 Å². The lowest BCUT2D eigenvalue weighted by Gasteiger charge is -2.18. The van der Waals surface area contributed by atoms with E-state index in [4.69, 9.17) is 9.97 Å². The fourth-order valence-electron chi connectivity index (χ4n) is 8.77. The van der Waals surface area contributed by atoms with Gasteiger partial charge in [0.2, 0.25) is 0 Å². The van der Waals surface area contributed by atoms with E-state index in [-0.39, 0.29) is 0 Å². The predicted molar refractivity (Wildman–Crippen MR) is 221 cm³/mol. The molecule has 0 atom stereocenters. The van der Waals surface area contributed by atoms with Gasteiger partial charge in [-0.25, -0.2) is 9.97 Å². The minimum atomic E-state index is 0.806. The molecule has 0 saturated heterocycles. The van der Waals surface area contributed by atoms with Crippen LogP contribution in [0.2, 0.25) is 0 Å². The average molecular weight is 686 g/mol. The number of benzene rings is 5. The fourth-order valence-corrected chi connectivity index (χ4v) is 10.0. The monoisotopic (exact) mass is 685 g/mol. The van der Waals surface area contributed by atoms with E-state index in [0.29, 0.717) is 0 Å². The Morgan fingerprint density at radius 3 is 2.40 bits per heavy atom. The summed E-state index contributed by atoms with van der Waals surface area (Å²) in [6.07, 6.45) is 22.1. The van der Waals surface area contributed by atoms with Crippen LogP contribution in [0, 0.1) is 0 Å². The van der Waals surface area contributed by atoms with Crippen LogP contribution >= 0.6 is 11.3 Å². The largest absolute Gasteiger partial charge is 0.312 e. The van der Waals surface area contributed by atoms with Crippen molar-refractivity contribution in [1.82, 2.24) is 14.5 Å². The van der Waals surface area contributed by atoms with Crippen LogP contribution in [-0.2, 0) is 6.42 Å². The first kappa shape index (κ1) is 29.8. The van der Waals surface area contributed by atoms with Gasteiger partial charge in [0.25, 0.3) is 0 Å². The van der Waals surface area contributed by atoms with Crippen LogP contribution in [0.25, 0.3) is 93.9 Å². The van der Waals surface area contributed by atoms with Gasteiger partial charge in [0, 0.05) is 53.0 Å². The maximum absolute atomic E-state index is 5.34. The lowest BCUT2D eigenvalue weighted by Crippen LogP contribution is -2.35. The smallest absolute Gasteiger partial charge is 0.161 e. The third-order valence-electron chi connectivity index (χ3n) is 11.2. The zero-order chi connectivity index (χ0) is 34.2. The summed E-state index contributed by atoms with van der Waals surface area (Å²) < 4.78 is 5.22. The van der Waals surface area contributed by atoms with Crippen LogP contribution in [0.1, 0.15) is 49.1 Å². The molecule has 0 fully saturated rings. The van der Waals surface area contributed by atoms with Gasteiger partial charge in [0.05, 0.1) is 22.2 Å². The Kier molecular flexibility index (Phi) is 6.81. The van der Waals surface area contributed by atoms with Crippen molar-refractivity contribution in [3.63, 3.8) is 0 Å². The number of aromatic nitrogens is 3. The van der Waals surface area contributed by atoms with Gasteiger partial charge in [-0.05, 0) is 90.9 Å². The minimum absolute atomic E-state index is 0.806. The quantitative estimate of drug-likeness (QED) is 0.185. The molecule has 11 rings (SSSR count). The van der Waals surface area contributed by atoms with Crippen molar-refractivity contribution in [2.45, 2.75) is 38.5 Å². The van der Waals surface area contributed by atoms with Crippen molar-refractivity contribution >= 4 is 77.0 Å². The average Bonchev–Trinajstić information content (AvgIpc) is 3.76. The second-order valence-corrected chi connectivity index (χ2v) is 15.2. The topological polar surface area (TPSA) is 30.7 Å². The first-order valence-electron chi connectivity index (χ1n) is 18.5. The van der Waals surface area contributed by atoms with Crippen LogP contribution in [0.4, 0.5) is 0 Å². The molecule has 0 aliphatic heterocycles. The van der Waals surface area contributed by atoms with Crippen molar-refractivity contribution in [1.29, 1.82) is 0 Å². The standard InChI is InChI=1S/C48H35N3S/c1-2-13-30(14-3-1)46-39-19-6-9-22-41(39)49-48(50-46)38-26-28-43(34-16-5-4-15-33(34)38)51-42-23-10-7-17-35(42)40-29-31(25-27-44(40)51)32-20-12-21-37-36-18-8-11-24-45(36)52-47(32)37/h1-2,4-5,7-8,11-13,15-22,24-29H,3,6,9-10,14,23H2. The number of nitrogens with zero attached hydrogens (tertiary/aromatic N) is 3. The number of fused-ring (bicyclic) bond motifs is 8. The van der Waals surface area contributed by atoms with Gasteiger partial charge in [-0.3, -0.25) is 0 Å². The molecule has 0 amide bonds. The first-order valence-corrected chi connectivity index (χ1v) is 19.3. The highest BCUT2D eigenvalue weighted by Crippen LogP contribution is 2.43. The van der Waals surface area contributed by atoms with Crippen molar-refractivity contribution in [2.24, 2.45) is 0 Å². The number of thiophene rings is 1. The first-order chi connectivity index (χ1) is 25.8. The van der Waals surface area contributed by atoms with E-state index in [1.165, 1.54) is 80.7 Å². The Morgan fingerprint density at radius 1 is 0.635 bits per heavy atom. The molecule has 0 unspecified atom stereocenters. The Morgan fingerprint density at radius 2 is 1.48 bits per heavy atom. The van der Waals surface area contributed by atoms with Gasteiger partial charge in [-0.1, -0.05) is 109 Å². The van der Waals surface area contributed by atoms with Gasteiger partial charge in [-0.2, -0.15) is 0 Å². The van der Waals surface area contributed by atoms with Crippen molar-refractivity contribution in [3.05, 3.63) is 149 Å². The van der Waals surface area contributed by atoms with E-state index < -0.39 is 0 Å². The summed E-state index contributed by atoms with van der Waals surface area (Å²) in [6, 6.07) is 36.1. The second kappa shape index (κ2) is 11.9. The molecule has 0 N–H and O–H groups in total. The van der Waals surface area contributed by atoms with Crippen LogP contribution < -0.4 is 10.6 Å². The van der Waals surface area contributed by atoms with Crippen molar-refractivity contribution < 1.29 is 0 Å². The molecule has 3 aromatic heterocycles. The highest BCUT2D eigenvalue weighted by atomic mass is 32.1. The van der Waals surface area contributed by atoms with Gasteiger partial charge < -0.3 is 4.57 Å². The summed E-state index contributed by atoms with van der Waals surface area (Å²) in [4.78, 5) is 10.6. The van der Waals surface area contributed by atoms with Gasteiger partial charge >= 0.3 is 0 Å². The summed E-state index contributed by atoms with van der Waals surface area (Å²) in [5.41, 5.74) is 11.2. The highest BCUT2D eigenvalue weighted by Gasteiger charge is 2.23. The highest BCUT2D eigenvalue weighted by molar-refractivity contribution is 7.26. The van der Waals surface area contributed by atoms with Crippen molar-refractivity contribution in [3.8, 4) is 28.2 Å². The Bertz CT molecular complexity index is 3020. The summed E-state index contributed by atoms with van der Waals surface area (Å²) in [5, 5.41) is 8.63. The molecule has 3 nitrogen and oxygen atoms in total. The Hall–Kier alpha value is -5.84. The van der Waals surface area contributed by atoms with Crippen LogP contribution in [-0.4, -0.2) is 14.5 Å². The normalized spacial score (nSPS) is 15.1. The fraction of sp³-hybridized carbons (Fsp3) is 0.125. The van der Waals surface area contributed by atoms with Gasteiger partial charge in [-0.15, -0.1) is 11.3 Å². The zero-order valence-corrected chi connectivity index (χ0v) is 29.6. The Balaban J connectivity index is 1.11. The molecule has 248 valence electrons. The van der Waals surface area contributed by atoms with E-state index >= 15 is 0 Å². The van der Waals surface area contributed by atoms with E-state index in [1.807, 2.05) is 11.3 Å². The van der Waals surface area contributed by atoms with Crippen LogP contribution in [0.15, 0.2) is 121 Å². The number of hydrogen-bond donors (Lipinski definition) is 0. The van der Waals surface area contributed by atoms with Crippen LogP contribution in [0.3, 0.4) is 0 Å². The molecule has 0 spiro atoms. The van der Waals surface area contributed by atoms with Crippen molar-refractivity contribution in [2.75, 3.05) is 0 Å². The van der Waals surface area contributed by atoms with Gasteiger partial charge in [0.1, 0.15) is 0 Å². The number of allylic oxidation sites excluding steroid dienone is 5. The SMILES string of the molecule is C1=CCCC(c2nc(-c3ccc(-n4c5c(c6cc(-c7cccc8c7sc7ccccc78)ccc64)C=CCC5)c4ccccc34)nc3c2=CCCC=3)=C1. The number of rotatable bonds is 4. The zero-order valence-electron chi connectivity index (χ0n) is 28.8. The lowest BCUT2D eigenvalue weighted by molar-refractivity contribution is 0.892.